The van der Waals surface area contributed by atoms with Crippen molar-refractivity contribution in [2.45, 2.75) is 13.5 Å². The topological polar surface area (TPSA) is 93.5 Å². The molecule has 0 aliphatic heterocycles. The van der Waals surface area contributed by atoms with Crippen LogP contribution in [0.4, 0.5) is 5.82 Å². The molecule has 0 aliphatic carbocycles. The average molecular weight is 315 g/mol. The van der Waals surface area contributed by atoms with Crippen LogP contribution in [0.25, 0.3) is 5.57 Å². The molecule has 1 heterocycles. The summed E-state index contributed by atoms with van der Waals surface area (Å²) in [5.41, 5.74) is 1.56. The van der Waals surface area contributed by atoms with Gasteiger partial charge in [0.1, 0.15) is 12.3 Å². The standard InChI is InChI=1S/C16H17N3O4/c1-11(12-5-3-4-6-13(12)23-2)9-15(20)17-14-7-8-19(18-14)10-16(21)22/h3-9H,10H2,1-2H3,(H,21,22)(H,17,18,20)/b11-9+. The van der Waals surface area contributed by atoms with Gasteiger partial charge in [-0.2, -0.15) is 5.10 Å². The van der Waals surface area contributed by atoms with E-state index in [-0.39, 0.29) is 12.5 Å². The lowest BCUT2D eigenvalue weighted by Crippen LogP contribution is -2.12. The van der Waals surface area contributed by atoms with Crippen molar-refractivity contribution in [3.05, 3.63) is 48.2 Å². The van der Waals surface area contributed by atoms with E-state index < -0.39 is 5.97 Å². The van der Waals surface area contributed by atoms with Gasteiger partial charge in [0.25, 0.3) is 0 Å². The first-order valence-corrected chi connectivity index (χ1v) is 6.87. The molecule has 0 saturated heterocycles. The summed E-state index contributed by atoms with van der Waals surface area (Å²) in [6.45, 7) is 1.55. The molecule has 0 saturated carbocycles. The predicted octanol–water partition coefficient (Wildman–Crippen LogP) is 2.02. The number of nitrogens with one attached hydrogen (secondary N) is 1. The number of carbonyl (C=O) groups is 2. The van der Waals surface area contributed by atoms with Crippen molar-refractivity contribution >= 4 is 23.3 Å². The molecule has 0 fully saturated rings. The van der Waals surface area contributed by atoms with Gasteiger partial charge in [-0.1, -0.05) is 18.2 Å². The maximum Gasteiger partial charge on any atom is 0.325 e. The second-order valence-corrected chi connectivity index (χ2v) is 4.81. The van der Waals surface area contributed by atoms with Crippen LogP contribution in [-0.4, -0.2) is 33.9 Å². The Morgan fingerprint density at radius 2 is 2.09 bits per heavy atom. The van der Waals surface area contributed by atoms with Gasteiger partial charge in [-0.25, -0.2) is 0 Å². The number of nitrogens with zero attached hydrogens (tertiary/aromatic N) is 2. The van der Waals surface area contributed by atoms with E-state index in [0.29, 0.717) is 11.6 Å². The summed E-state index contributed by atoms with van der Waals surface area (Å²) in [7, 11) is 1.57. The molecule has 2 N–H and O–H groups in total. The number of ether oxygens (including phenoxy) is 1. The fraction of sp³-hybridized carbons (Fsp3) is 0.188. The van der Waals surface area contributed by atoms with Crippen molar-refractivity contribution in [1.29, 1.82) is 0 Å². The predicted molar refractivity (Wildman–Crippen MR) is 85.1 cm³/mol. The summed E-state index contributed by atoms with van der Waals surface area (Å²) in [6.07, 6.45) is 2.93. The highest BCUT2D eigenvalue weighted by molar-refractivity contribution is 6.03. The van der Waals surface area contributed by atoms with Crippen LogP contribution in [0, 0.1) is 0 Å². The molecule has 120 valence electrons. The Hall–Kier alpha value is -3.09. The zero-order chi connectivity index (χ0) is 16.8. The monoisotopic (exact) mass is 315 g/mol. The average Bonchev–Trinajstić information content (AvgIpc) is 2.93. The number of carbonyl (C=O) groups excluding carboxylic acids is 1. The van der Waals surface area contributed by atoms with E-state index in [1.165, 1.54) is 23.0 Å². The number of hydrogen-bond acceptors (Lipinski definition) is 4. The molecule has 0 bridgehead atoms. The third-order valence-corrected chi connectivity index (χ3v) is 3.07. The van der Waals surface area contributed by atoms with E-state index in [1.807, 2.05) is 24.3 Å². The summed E-state index contributed by atoms with van der Waals surface area (Å²) in [5.74, 6) is -0.382. The van der Waals surface area contributed by atoms with Gasteiger partial charge in [0.2, 0.25) is 5.91 Å². The van der Waals surface area contributed by atoms with Crippen LogP contribution in [0.1, 0.15) is 12.5 Å². The highest BCUT2D eigenvalue weighted by atomic mass is 16.5. The number of carboxylic acids is 1. The first kappa shape index (κ1) is 16.3. The molecule has 1 aromatic carbocycles. The summed E-state index contributed by atoms with van der Waals surface area (Å²) in [5, 5.41) is 15.2. The zero-order valence-electron chi connectivity index (χ0n) is 12.8. The van der Waals surface area contributed by atoms with E-state index in [4.69, 9.17) is 9.84 Å². The van der Waals surface area contributed by atoms with Crippen LogP contribution in [0.2, 0.25) is 0 Å². The third kappa shape index (κ3) is 4.44. The minimum absolute atomic E-state index is 0.258. The van der Waals surface area contributed by atoms with Crippen molar-refractivity contribution in [1.82, 2.24) is 9.78 Å². The number of rotatable bonds is 6. The van der Waals surface area contributed by atoms with Gasteiger partial charge in [-0.05, 0) is 18.6 Å². The molecule has 1 amide bonds. The SMILES string of the molecule is COc1ccccc1/C(C)=C/C(=O)Nc1ccn(CC(=O)O)n1. The largest absolute Gasteiger partial charge is 0.496 e. The van der Waals surface area contributed by atoms with Gasteiger partial charge >= 0.3 is 5.97 Å². The molecule has 0 atom stereocenters. The summed E-state index contributed by atoms with van der Waals surface area (Å²) in [6, 6.07) is 8.93. The molecule has 2 rings (SSSR count). The minimum atomic E-state index is -1.00. The minimum Gasteiger partial charge on any atom is -0.496 e. The second-order valence-electron chi connectivity index (χ2n) is 4.81. The van der Waals surface area contributed by atoms with Gasteiger partial charge in [0.15, 0.2) is 5.82 Å². The zero-order valence-corrected chi connectivity index (χ0v) is 12.8. The van der Waals surface area contributed by atoms with E-state index in [0.717, 1.165) is 11.1 Å². The number of amides is 1. The Balaban J connectivity index is 2.08. The fourth-order valence-corrected chi connectivity index (χ4v) is 2.06. The lowest BCUT2D eigenvalue weighted by Gasteiger charge is -2.08. The Labute approximate surface area is 133 Å². The molecule has 7 heteroatoms. The van der Waals surface area contributed by atoms with Crippen LogP contribution >= 0.6 is 0 Å². The van der Waals surface area contributed by atoms with Crippen LogP contribution < -0.4 is 10.1 Å². The van der Waals surface area contributed by atoms with Crippen LogP contribution in [0.5, 0.6) is 5.75 Å². The van der Waals surface area contributed by atoms with Gasteiger partial charge in [-0.3, -0.25) is 14.3 Å². The van der Waals surface area contributed by atoms with E-state index in [1.54, 1.807) is 14.0 Å². The van der Waals surface area contributed by atoms with Crippen LogP contribution in [0.3, 0.4) is 0 Å². The van der Waals surface area contributed by atoms with Crippen molar-refractivity contribution in [3.63, 3.8) is 0 Å². The fourth-order valence-electron chi connectivity index (χ4n) is 2.06. The van der Waals surface area contributed by atoms with Crippen LogP contribution in [0.15, 0.2) is 42.6 Å². The molecule has 0 spiro atoms. The first-order valence-electron chi connectivity index (χ1n) is 6.87. The van der Waals surface area contributed by atoms with E-state index in [2.05, 4.69) is 10.4 Å². The van der Waals surface area contributed by atoms with Gasteiger partial charge in [-0.15, -0.1) is 0 Å². The maximum atomic E-state index is 12.0. The lowest BCUT2D eigenvalue weighted by atomic mass is 10.1. The molecular weight excluding hydrogens is 298 g/mol. The highest BCUT2D eigenvalue weighted by Crippen LogP contribution is 2.25. The summed E-state index contributed by atoms with van der Waals surface area (Å²) in [4.78, 5) is 22.6. The molecular formula is C16H17N3O4. The number of anilines is 1. The second kappa shape index (κ2) is 7.26. The van der Waals surface area contributed by atoms with Crippen molar-refractivity contribution in [2.75, 3.05) is 12.4 Å². The highest BCUT2D eigenvalue weighted by Gasteiger charge is 2.08. The smallest absolute Gasteiger partial charge is 0.325 e. The Bertz CT molecular complexity index is 749. The molecule has 2 aromatic rings. The number of aromatic nitrogens is 2. The molecule has 0 unspecified atom stereocenters. The van der Waals surface area contributed by atoms with Crippen molar-refractivity contribution < 1.29 is 19.4 Å². The van der Waals surface area contributed by atoms with Crippen molar-refractivity contribution in [3.8, 4) is 5.75 Å². The Morgan fingerprint density at radius 1 is 1.35 bits per heavy atom. The number of para-hydroxylation sites is 1. The number of benzene rings is 1. The molecule has 23 heavy (non-hydrogen) atoms. The number of hydrogen-bond donors (Lipinski definition) is 2. The van der Waals surface area contributed by atoms with E-state index >= 15 is 0 Å². The van der Waals surface area contributed by atoms with E-state index in [9.17, 15) is 9.59 Å². The van der Waals surface area contributed by atoms with Crippen LogP contribution in [-0.2, 0) is 16.1 Å². The maximum absolute atomic E-state index is 12.0. The normalized spacial score (nSPS) is 11.1. The number of aliphatic carboxylic acids is 1. The van der Waals surface area contributed by atoms with Gasteiger partial charge < -0.3 is 15.2 Å². The number of methoxy groups -OCH3 is 1. The summed E-state index contributed by atoms with van der Waals surface area (Å²) < 4.78 is 6.49. The summed E-state index contributed by atoms with van der Waals surface area (Å²) >= 11 is 0. The quantitative estimate of drug-likeness (QED) is 0.795. The van der Waals surface area contributed by atoms with Gasteiger partial charge in [0, 0.05) is 23.9 Å². The molecule has 0 radical (unpaired) electrons. The number of allylic oxidation sites excluding steroid dienone is 1. The third-order valence-electron chi connectivity index (χ3n) is 3.07. The molecule has 0 aliphatic rings. The number of carboxylic acid groups (broad SMARTS) is 1. The first-order chi connectivity index (χ1) is 11.0. The Kier molecular flexibility index (Phi) is 5.14. The molecule has 7 nitrogen and oxygen atoms in total. The molecule has 1 aromatic heterocycles. The van der Waals surface area contributed by atoms with Gasteiger partial charge in [0.05, 0.1) is 7.11 Å². The lowest BCUT2D eigenvalue weighted by molar-refractivity contribution is -0.137. The van der Waals surface area contributed by atoms with Crippen molar-refractivity contribution in [2.24, 2.45) is 0 Å². The Morgan fingerprint density at radius 3 is 2.78 bits per heavy atom.